The summed E-state index contributed by atoms with van der Waals surface area (Å²) >= 11 is 0. The van der Waals surface area contributed by atoms with Crippen molar-refractivity contribution in [2.45, 2.75) is 113 Å². The van der Waals surface area contributed by atoms with Crippen molar-refractivity contribution in [3.05, 3.63) is 22.8 Å². The predicted octanol–water partition coefficient (Wildman–Crippen LogP) is 7.87. The molecule has 0 aromatic heterocycles. The maximum absolute atomic E-state index is 12.4. The summed E-state index contributed by atoms with van der Waals surface area (Å²) < 4.78 is 0. The van der Waals surface area contributed by atoms with Gasteiger partial charge in [-0.2, -0.15) is 0 Å². The van der Waals surface area contributed by atoms with Gasteiger partial charge in [-0.05, 0) is 98.4 Å². The lowest BCUT2D eigenvalue weighted by molar-refractivity contribution is -0.146. The molecular formula is C29H46O2. The van der Waals surface area contributed by atoms with Crippen molar-refractivity contribution in [3.63, 3.8) is 0 Å². The predicted molar refractivity (Wildman–Crippen MR) is 130 cm³/mol. The monoisotopic (exact) mass is 426 g/mol. The number of rotatable bonds is 3. The normalized spacial score (nSPS) is 35.4. The number of aldehydes is 1. The molecule has 0 radical (unpaired) electrons. The number of fused-ring (bicyclic) bond motifs is 1. The van der Waals surface area contributed by atoms with Crippen molar-refractivity contribution in [1.82, 2.24) is 0 Å². The summed E-state index contributed by atoms with van der Waals surface area (Å²) in [4.78, 5) is 22.9. The van der Waals surface area contributed by atoms with E-state index >= 15 is 0 Å². The quantitative estimate of drug-likeness (QED) is 0.261. The SMILES string of the molecule is CC1(C)C2CCC3(C2)C1C(=O)CCC3(C)C.CC1=C(C/C=C(\C)C=O)C(C)(C)CCC1. The summed E-state index contributed by atoms with van der Waals surface area (Å²) in [5.74, 6) is 1.74. The standard InChI is InChI=1S/C15H24O.C14H22O/c1-13(2)7-6-11(16)12-14(3,4)10-5-8-15(12,13)9-10;1-11(10-15)7-8-13-12(2)6-5-9-14(13,3)4/h10,12H,5-9H2,1-4H3;7,10H,5-6,8-9H2,1-4H3/b;11-7+. The molecule has 174 valence electrons. The van der Waals surface area contributed by atoms with E-state index in [-0.39, 0.29) is 5.41 Å². The zero-order chi connectivity index (χ0) is 23.2. The summed E-state index contributed by atoms with van der Waals surface area (Å²) in [5.41, 5.74) is 5.24. The maximum Gasteiger partial charge on any atom is 0.145 e. The molecular weight excluding hydrogens is 380 g/mol. The van der Waals surface area contributed by atoms with Crippen molar-refractivity contribution in [1.29, 1.82) is 0 Å². The van der Waals surface area contributed by atoms with Gasteiger partial charge in [-0.15, -0.1) is 0 Å². The van der Waals surface area contributed by atoms with E-state index in [4.69, 9.17) is 0 Å². The highest BCUT2D eigenvalue weighted by molar-refractivity contribution is 5.84. The van der Waals surface area contributed by atoms with Gasteiger partial charge >= 0.3 is 0 Å². The molecule has 3 saturated carbocycles. The van der Waals surface area contributed by atoms with E-state index in [2.05, 4.69) is 54.5 Å². The Morgan fingerprint density at radius 2 is 1.71 bits per heavy atom. The first-order valence-corrected chi connectivity index (χ1v) is 12.6. The van der Waals surface area contributed by atoms with E-state index < -0.39 is 0 Å². The first kappa shape index (κ1) is 24.5. The summed E-state index contributed by atoms with van der Waals surface area (Å²) in [6, 6.07) is 0. The lowest BCUT2D eigenvalue weighted by atomic mass is 9.49. The summed E-state index contributed by atoms with van der Waals surface area (Å²) in [6.07, 6.45) is 13.7. The molecule has 2 heteroatoms. The van der Waals surface area contributed by atoms with Crippen LogP contribution in [0.25, 0.3) is 0 Å². The Bertz CT molecular complexity index is 792. The number of hydrogen-bond donors (Lipinski definition) is 0. The molecule has 2 bridgehead atoms. The third-order valence-electron chi connectivity index (χ3n) is 10.1. The highest BCUT2D eigenvalue weighted by Gasteiger charge is 2.69. The Morgan fingerprint density at radius 1 is 1.03 bits per heavy atom. The summed E-state index contributed by atoms with van der Waals surface area (Å²) in [5, 5.41) is 0. The highest BCUT2D eigenvalue weighted by Crippen LogP contribution is 2.74. The first-order valence-electron chi connectivity index (χ1n) is 12.6. The fraction of sp³-hybridized carbons (Fsp3) is 0.793. The van der Waals surface area contributed by atoms with Crippen LogP contribution in [0.1, 0.15) is 113 Å². The van der Waals surface area contributed by atoms with Crippen LogP contribution in [0.5, 0.6) is 0 Å². The van der Waals surface area contributed by atoms with Crippen molar-refractivity contribution in [2.75, 3.05) is 0 Å². The van der Waals surface area contributed by atoms with Crippen LogP contribution in [-0.2, 0) is 9.59 Å². The lowest BCUT2D eigenvalue weighted by Gasteiger charge is -2.54. The number of ketones is 1. The van der Waals surface area contributed by atoms with Crippen molar-refractivity contribution >= 4 is 12.1 Å². The number of carbonyl (C=O) groups excluding carboxylic acids is 2. The van der Waals surface area contributed by atoms with Gasteiger partial charge in [0.25, 0.3) is 0 Å². The van der Waals surface area contributed by atoms with Gasteiger partial charge in [-0.1, -0.05) is 58.8 Å². The molecule has 1 spiro atoms. The fourth-order valence-corrected chi connectivity index (χ4v) is 7.91. The smallest absolute Gasteiger partial charge is 0.145 e. The van der Waals surface area contributed by atoms with E-state index in [1.54, 1.807) is 0 Å². The van der Waals surface area contributed by atoms with Crippen LogP contribution in [-0.4, -0.2) is 12.1 Å². The molecule has 0 aromatic rings. The van der Waals surface area contributed by atoms with Gasteiger partial charge in [0.1, 0.15) is 12.1 Å². The second-order valence-corrected chi connectivity index (χ2v) is 13.0. The van der Waals surface area contributed by atoms with Gasteiger partial charge in [-0.25, -0.2) is 0 Å². The van der Waals surface area contributed by atoms with Crippen molar-refractivity contribution in [2.24, 2.45) is 33.5 Å². The number of carbonyl (C=O) groups is 2. The van der Waals surface area contributed by atoms with Crippen LogP contribution in [0.4, 0.5) is 0 Å². The van der Waals surface area contributed by atoms with E-state index in [0.717, 1.165) is 37.0 Å². The summed E-state index contributed by atoms with van der Waals surface area (Å²) in [6.45, 7) is 18.3. The van der Waals surface area contributed by atoms with E-state index in [1.807, 2.05) is 6.92 Å². The molecule has 0 saturated heterocycles. The van der Waals surface area contributed by atoms with Gasteiger partial charge in [0, 0.05) is 12.3 Å². The number of allylic oxidation sites excluding steroid dienone is 4. The molecule has 2 nitrogen and oxygen atoms in total. The van der Waals surface area contributed by atoms with Crippen LogP contribution in [0, 0.1) is 33.5 Å². The highest BCUT2D eigenvalue weighted by atomic mass is 16.1. The van der Waals surface area contributed by atoms with Crippen LogP contribution in [0.2, 0.25) is 0 Å². The largest absolute Gasteiger partial charge is 0.299 e. The zero-order valence-electron chi connectivity index (χ0n) is 21.5. The van der Waals surface area contributed by atoms with E-state index in [1.165, 1.54) is 49.7 Å². The lowest BCUT2D eigenvalue weighted by Crippen LogP contribution is -2.52. The topological polar surface area (TPSA) is 34.1 Å². The molecule has 3 unspecified atom stereocenters. The van der Waals surface area contributed by atoms with Crippen molar-refractivity contribution in [3.8, 4) is 0 Å². The molecule has 0 aliphatic heterocycles. The molecule has 4 aliphatic rings. The minimum Gasteiger partial charge on any atom is -0.299 e. The van der Waals surface area contributed by atoms with Crippen LogP contribution in [0.3, 0.4) is 0 Å². The Hall–Kier alpha value is -1.18. The Balaban J connectivity index is 0.000000176. The number of hydrogen-bond acceptors (Lipinski definition) is 2. The zero-order valence-corrected chi connectivity index (χ0v) is 21.5. The van der Waals surface area contributed by atoms with Crippen LogP contribution < -0.4 is 0 Å². The van der Waals surface area contributed by atoms with Gasteiger partial charge in [0.15, 0.2) is 0 Å². The second kappa shape index (κ2) is 8.31. The average Bonchev–Trinajstić information content (AvgIpc) is 3.21. The molecule has 3 fully saturated rings. The second-order valence-electron chi connectivity index (χ2n) is 13.0. The Kier molecular flexibility index (Phi) is 6.55. The van der Waals surface area contributed by atoms with Gasteiger partial charge < -0.3 is 0 Å². The molecule has 31 heavy (non-hydrogen) atoms. The fourth-order valence-electron chi connectivity index (χ4n) is 7.91. The third kappa shape index (κ3) is 4.13. The minimum atomic E-state index is 0.271. The molecule has 0 heterocycles. The van der Waals surface area contributed by atoms with E-state index in [9.17, 15) is 9.59 Å². The molecule has 0 aromatic carbocycles. The average molecular weight is 427 g/mol. The summed E-state index contributed by atoms with van der Waals surface area (Å²) in [7, 11) is 0. The minimum absolute atomic E-state index is 0.271. The molecule has 0 N–H and O–H groups in total. The third-order valence-corrected chi connectivity index (χ3v) is 10.1. The Labute approximate surface area is 191 Å². The maximum atomic E-state index is 12.4. The molecule has 4 aliphatic carbocycles. The molecule has 3 atom stereocenters. The number of Topliss-reactive ketones (excluding diaryl/α,β-unsaturated/α-hetero) is 1. The van der Waals surface area contributed by atoms with Crippen LogP contribution in [0.15, 0.2) is 22.8 Å². The van der Waals surface area contributed by atoms with Gasteiger partial charge in [-0.3, -0.25) is 9.59 Å². The van der Waals surface area contributed by atoms with Gasteiger partial charge in [0.05, 0.1) is 0 Å². The molecule has 0 amide bonds. The Morgan fingerprint density at radius 3 is 2.29 bits per heavy atom. The molecule has 4 rings (SSSR count). The first-order chi connectivity index (χ1) is 14.3. The van der Waals surface area contributed by atoms with Crippen molar-refractivity contribution < 1.29 is 9.59 Å². The van der Waals surface area contributed by atoms with Crippen LogP contribution >= 0.6 is 0 Å². The van der Waals surface area contributed by atoms with Gasteiger partial charge in [0.2, 0.25) is 0 Å². The van der Waals surface area contributed by atoms with E-state index in [0.29, 0.717) is 27.9 Å².